The number of pyridine rings is 1. The van der Waals surface area contributed by atoms with Gasteiger partial charge in [0, 0.05) is 28.8 Å². The number of likely N-dealkylation sites (N-methyl/N-ethyl adjacent to an activating group) is 1. The molecule has 0 aliphatic heterocycles. The molecular weight excluding hydrogens is 328 g/mol. The summed E-state index contributed by atoms with van der Waals surface area (Å²) in [4.78, 5) is 4.46. The molecule has 1 unspecified atom stereocenters. The van der Waals surface area contributed by atoms with Crippen LogP contribution in [0.1, 0.15) is 31.1 Å². The highest BCUT2D eigenvalue weighted by molar-refractivity contribution is 9.10. The van der Waals surface area contributed by atoms with Gasteiger partial charge in [-0.25, -0.2) is 0 Å². The maximum Gasteiger partial charge on any atom is 0.119 e. The van der Waals surface area contributed by atoms with Crippen LogP contribution < -0.4 is 10.1 Å². The zero-order chi connectivity index (χ0) is 15.1. The summed E-state index contributed by atoms with van der Waals surface area (Å²) in [6.07, 6.45) is 2.71. The molecule has 0 fully saturated rings. The van der Waals surface area contributed by atoms with E-state index in [4.69, 9.17) is 4.74 Å². The number of benzene rings is 1. The van der Waals surface area contributed by atoms with E-state index in [0.717, 1.165) is 28.9 Å². The van der Waals surface area contributed by atoms with Crippen molar-refractivity contribution in [2.45, 2.75) is 26.3 Å². The van der Waals surface area contributed by atoms with Crippen LogP contribution in [-0.4, -0.2) is 18.1 Å². The van der Waals surface area contributed by atoms with Crippen LogP contribution in [0.15, 0.2) is 47.1 Å². The van der Waals surface area contributed by atoms with E-state index in [-0.39, 0.29) is 6.04 Å². The van der Waals surface area contributed by atoms with Gasteiger partial charge >= 0.3 is 0 Å². The van der Waals surface area contributed by atoms with E-state index in [1.54, 1.807) is 0 Å². The third-order valence-electron chi connectivity index (χ3n) is 3.25. The van der Waals surface area contributed by atoms with E-state index < -0.39 is 0 Å². The number of hydrogen-bond donors (Lipinski definition) is 1. The summed E-state index contributed by atoms with van der Waals surface area (Å²) >= 11 is 3.42. The van der Waals surface area contributed by atoms with Crippen molar-refractivity contribution in [1.82, 2.24) is 10.3 Å². The summed E-state index contributed by atoms with van der Waals surface area (Å²) in [6, 6.07) is 12.6. The van der Waals surface area contributed by atoms with Gasteiger partial charge in [0.05, 0.1) is 6.61 Å². The van der Waals surface area contributed by atoms with Crippen molar-refractivity contribution in [3.63, 3.8) is 0 Å². The van der Waals surface area contributed by atoms with E-state index in [9.17, 15) is 0 Å². The molecule has 2 aromatic rings. The van der Waals surface area contributed by atoms with Crippen molar-refractivity contribution in [2.24, 2.45) is 0 Å². The van der Waals surface area contributed by atoms with Crippen LogP contribution >= 0.6 is 15.9 Å². The summed E-state index contributed by atoms with van der Waals surface area (Å²) in [5.74, 6) is 0.915. The van der Waals surface area contributed by atoms with Crippen LogP contribution in [0.4, 0.5) is 0 Å². The van der Waals surface area contributed by atoms with Crippen LogP contribution in [0.3, 0.4) is 0 Å². The fraction of sp³-hybridized carbons (Fsp3) is 0.353. The number of nitrogens with one attached hydrogen (secondary N) is 1. The minimum Gasteiger partial charge on any atom is -0.494 e. The lowest BCUT2D eigenvalue weighted by atomic mass is 10.0. The molecule has 1 aromatic carbocycles. The molecule has 2 rings (SSSR count). The van der Waals surface area contributed by atoms with Gasteiger partial charge in [-0.05, 0) is 59.2 Å². The van der Waals surface area contributed by atoms with Gasteiger partial charge in [0.25, 0.3) is 0 Å². The average Bonchev–Trinajstić information content (AvgIpc) is 2.50. The van der Waals surface area contributed by atoms with Crippen LogP contribution in [0, 0.1) is 0 Å². The molecule has 0 amide bonds. The average molecular weight is 349 g/mol. The molecule has 0 spiro atoms. The lowest BCUT2D eigenvalue weighted by molar-refractivity contribution is 0.340. The number of nitrogens with zero attached hydrogens (tertiary/aromatic N) is 1. The van der Waals surface area contributed by atoms with Gasteiger partial charge in [-0.15, -0.1) is 0 Å². The predicted octanol–water partition coefficient (Wildman–Crippen LogP) is 4.14. The first-order valence-electron chi connectivity index (χ1n) is 7.29. The second kappa shape index (κ2) is 8.15. The summed E-state index contributed by atoms with van der Waals surface area (Å²) in [6.45, 7) is 5.73. The first-order chi connectivity index (χ1) is 10.2. The van der Waals surface area contributed by atoms with Gasteiger partial charge in [0.15, 0.2) is 0 Å². The Bertz CT molecular complexity index is 540. The van der Waals surface area contributed by atoms with E-state index in [0.29, 0.717) is 6.61 Å². The van der Waals surface area contributed by atoms with Crippen LogP contribution in [0.2, 0.25) is 0 Å². The Morgan fingerprint density at radius 1 is 1.14 bits per heavy atom. The summed E-state index contributed by atoms with van der Waals surface area (Å²) in [5.41, 5.74) is 2.34. The quantitative estimate of drug-likeness (QED) is 0.816. The Hall–Kier alpha value is -1.39. The van der Waals surface area contributed by atoms with Gasteiger partial charge in [-0.1, -0.05) is 19.1 Å². The lowest BCUT2D eigenvalue weighted by Crippen LogP contribution is -2.23. The standard InChI is InChI=1S/C17H21BrN2O/c1-3-19-17(11-15-8-7-14(18)12-20-15)13-5-9-16(10-6-13)21-4-2/h5-10,12,17,19H,3-4,11H2,1-2H3. The van der Waals surface area contributed by atoms with Gasteiger partial charge < -0.3 is 10.1 Å². The van der Waals surface area contributed by atoms with Crippen molar-refractivity contribution in [2.75, 3.05) is 13.2 Å². The van der Waals surface area contributed by atoms with Crippen molar-refractivity contribution in [1.29, 1.82) is 0 Å². The maximum atomic E-state index is 5.49. The molecule has 0 saturated heterocycles. The fourth-order valence-electron chi connectivity index (χ4n) is 2.25. The van der Waals surface area contributed by atoms with Crippen molar-refractivity contribution >= 4 is 15.9 Å². The van der Waals surface area contributed by atoms with Gasteiger partial charge in [0.1, 0.15) is 5.75 Å². The molecular formula is C17H21BrN2O. The molecule has 3 nitrogen and oxygen atoms in total. The maximum absolute atomic E-state index is 5.49. The third-order valence-corrected chi connectivity index (χ3v) is 3.71. The topological polar surface area (TPSA) is 34.2 Å². The third kappa shape index (κ3) is 4.83. The second-order valence-corrected chi connectivity index (χ2v) is 5.70. The highest BCUT2D eigenvalue weighted by Crippen LogP contribution is 2.21. The van der Waals surface area contributed by atoms with E-state index >= 15 is 0 Å². The molecule has 0 saturated carbocycles. The zero-order valence-electron chi connectivity index (χ0n) is 12.5. The molecule has 4 heteroatoms. The predicted molar refractivity (Wildman–Crippen MR) is 89.7 cm³/mol. The molecule has 112 valence electrons. The normalized spacial score (nSPS) is 12.1. The molecule has 0 bridgehead atoms. The largest absolute Gasteiger partial charge is 0.494 e. The van der Waals surface area contributed by atoms with Crippen molar-refractivity contribution in [3.8, 4) is 5.75 Å². The molecule has 1 N–H and O–H groups in total. The Morgan fingerprint density at radius 2 is 1.90 bits per heavy atom. The molecule has 0 aliphatic rings. The van der Waals surface area contributed by atoms with E-state index in [1.807, 2.05) is 31.3 Å². The lowest BCUT2D eigenvalue weighted by Gasteiger charge is -2.18. The highest BCUT2D eigenvalue weighted by atomic mass is 79.9. The minimum atomic E-state index is 0.263. The second-order valence-electron chi connectivity index (χ2n) is 4.78. The number of hydrogen-bond acceptors (Lipinski definition) is 3. The van der Waals surface area contributed by atoms with Crippen LogP contribution in [-0.2, 0) is 6.42 Å². The Morgan fingerprint density at radius 3 is 2.48 bits per heavy atom. The van der Waals surface area contributed by atoms with Gasteiger partial charge in [-0.2, -0.15) is 0 Å². The molecule has 1 heterocycles. The monoisotopic (exact) mass is 348 g/mol. The van der Waals surface area contributed by atoms with Crippen molar-refractivity contribution in [3.05, 3.63) is 58.3 Å². The van der Waals surface area contributed by atoms with Gasteiger partial charge in [0.2, 0.25) is 0 Å². The van der Waals surface area contributed by atoms with Crippen LogP contribution in [0.25, 0.3) is 0 Å². The SMILES string of the molecule is CCNC(Cc1ccc(Br)cn1)c1ccc(OCC)cc1. The molecule has 0 radical (unpaired) electrons. The Labute approximate surface area is 134 Å². The van der Waals surface area contributed by atoms with Crippen molar-refractivity contribution < 1.29 is 4.74 Å². The van der Waals surface area contributed by atoms with E-state index in [1.165, 1.54) is 5.56 Å². The van der Waals surface area contributed by atoms with E-state index in [2.05, 4.69) is 51.4 Å². The number of ether oxygens (including phenoxy) is 1. The number of halogens is 1. The molecule has 0 aliphatic carbocycles. The molecule has 1 aromatic heterocycles. The van der Waals surface area contributed by atoms with Gasteiger partial charge in [-0.3, -0.25) is 4.98 Å². The Kier molecular flexibility index (Phi) is 6.21. The van der Waals surface area contributed by atoms with Crippen LogP contribution in [0.5, 0.6) is 5.75 Å². The molecule has 21 heavy (non-hydrogen) atoms. The fourth-order valence-corrected chi connectivity index (χ4v) is 2.49. The Balaban J connectivity index is 2.12. The minimum absolute atomic E-state index is 0.263. The highest BCUT2D eigenvalue weighted by Gasteiger charge is 2.12. The summed E-state index contributed by atoms with van der Waals surface area (Å²) in [5, 5.41) is 3.52. The summed E-state index contributed by atoms with van der Waals surface area (Å²) in [7, 11) is 0. The smallest absolute Gasteiger partial charge is 0.119 e. The number of rotatable bonds is 7. The summed E-state index contributed by atoms with van der Waals surface area (Å²) < 4.78 is 6.50. The molecule has 1 atom stereocenters. The number of aromatic nitrogens is 1. The zero-order valence-corrected chi connectivity index (χ0v) is 14.1. The first-order valence-corrected chi connectivity index (χ1v) is 8.08. The first kappa shape index (κ1) is 16.0.